The van der Waals surface area contributed by atoms with Gasteiger partial charge in [-0.15, -0.1) is 0 Å². The number of ether oxygens (including phenoxy) is 1. The second-order valence-electron chi connectivity index (χ2n) is 6.51. The van der Waals surface area contributed by atoms with Crippen LogP contribution < -0.4 is 10.5 Å². The zero-order valence-corrected chi connectivity index (χ0v) is 15.2. The molecule has 0 unspecified atom stereocenters. The maximum absolute atomic E-state index is 13.1. The molecule has 0 bridgehead atoms. The van der Waals surface area contributed by atoms with Gasteiger partial charge in [-0.05, 0) is 44.7 Å². The predicted molar refractivity (Wildman–Crippen MR) is 97.8 cm³/mol. The van der Waals surface area contributed by atoms with E-state index in [1.807, 2.05) is 0 Å². The topological polar surface area (TPSA) is 111 Å². The van der Waals surface area contributed by atoms with E-state index in [1.165, 1.54) is 12.1 Å². The fraction of sp³-hybridized carbons (Fsp3) is 0.333. The van der Waals surface area contributed by atoms with E-state index in [0.29, 0.717) is 17.2 Å². The van der Waals surface area contributed by atoms with Crippen LogP contribution in [0.25, 0.3) is 11.0 Å². The van der Waals surface area contributed by atoms with Crippen molar-refractivity contribution in [2.45, 2.75) is 48.5 Å². The van der Waals surface area contributed by atoms with E-state index in [0.717, 1.165) is 25.7 Å². The largest absolute Gasteiger partial charge is 0.473 e. The molecule has 7 nitrogen and oxygen atoms in total. The minimum Gasteiger partial charge on any atom is -0.473 e. The Bertz CT molecular complexity index is 1050. The Labute approximate surface area is 151 Å². The number of rotatable bonds is 4. The highest BCUT2D eigenvalue weighted by Crippen LogP contribution is 2.36. The van der Waals surface area contributed by atoms with Crippen molar-refractivity contribution in [3.63, 3.8) is 0 Å². The molecule has 1 aliphatic rings. The van der Waals surface area contributed by atoms with Crippen LogP contribution in [0, 0.1) is 6.92 Å². The highest BCUT2D eigenvalue weighted by molar-refractivity contribution is 7.92. The van der Waals surface area contributed by atoms with Crippen LogP contribution in [0.15, 0.2) is 40.1 Å². The fourth-order valence-corrected chi connectivity index (χ4v) is 4.88. The van der Waals surface area contributed by atoms with Crippen LogP contribution in [0.3, 0.4) is 0 Å². The summed E-state index contributed by atoms with van der Waals surface area (Å²) in [5, 5.41) is 0. The normalized spacial score (nSPS) is 15.6. The van der Waals surface area contributed by atoms with E-state index in [-0.39, 0.29) is 27.2 Å². The lowest BCUT2D eigenvalue weighted by Gasteiger charge is -2.13. The molecule has 1 fully saturated rings. The number of sulfone groups is 1. The van der Waals surface area contributed by atoms with Crippen molar-refractivity contribution in [3.8, 4) is 5.88 Å². The molecule has 0 aliphatic heterocycles. The van der Waals surface area contributed by atoms with Gasteiger partial charge in [-0.3, -0.25) is 0 Å². The first kappa shape index (κ1) is 16.8. The maximum atomic E-state index is 13.1. The number of nitrogens with two attached hydrogens (primary N) is 1. The van der Waals surface area contributed by atoms with E-state index in [4.69, 9.17) is 10.5 Å². The number of hydrogen-bond acceptors (Lipinski definition) is 6. The number of aromatic nitrogens is 3. The van der Waals surface area contributed by atoms with Crippen molar-refractivity contribution in [2.75, 3.05) is 5.73 Å². The molecule has 2 aromatic heterocycles. The summed E-state index contributed by atoms with van der Waals surface area (Å²) in [6.45, 7) is 1.71. The summed E-state index contributed by atoms with van der Waals surface area (Å²) in [6.07, 6.45) is 4.27. The van der Waals surface area contributed by atoms with Crippen LogP contribution in [0.2, 0.25) is 0 Å². The Morgan fingerprint density at radius 1 is 1.15 bits per heavy atom. The van der Waals surface area contributed by atoms with Crippen molar-refractivity contribution in [1.29, 1.82) is 0 Å². The van der Waals surface area contributed by atoms with E-state index in [9.17, 15) is 8.42 Å². The molecule has 3 aromatic rings. The molecule has 3 N–H and O–H groups in total. The van der Waals surface area contributed by atoms with Gasteiger partial charge < -0.3 is 15.5 Å². The van der Waals surface area contributed by atoms with Gasteiger partial charge in [0.05, 0.1) is 4.90 Å². The van der Waals surface area contributed by atoms with E-state index in [2.05, 4.69) is 15.0 Å². The third-order valence-corrected chi connectivity index (χ3v) is 6.45. The first-order valence-electron chi connectivity index (χ1n) is 8.59. The number of hydrogen-bond donors (Lipinski definition) is 2. The SMILES string of the molecule is Cc1nc(OC2CCCC2)c2[nH]c(N)c(S(=O)(=O)c3ccccc3)c2n1. The average Bonchev–Trinajstić information content (AvgIpc) is 3.23. The highest BCUT2D eigenvalue weighted by atomic mass is 32.2. The quantitative estimate of drug-likeness (QED) is 0.728. The van der Waals surface area contributed by atoms with Crippen LogP contribution in [-0.4, -0.2) is 29.5 Å². The number of aryl methyl sites for hydroxylation is 1. The van der Waals surface area contributed by atoms with Gasteiger partial charge >= 0.3 is 0 Å². The summed E-state index contributed by atoms with van der Waals surface area (Å²) in [7, 11) is -3.82. The van der Waals surface area contributed by atoms with Crippen molar-refractivity contribution in [2.24, 2.45) is 0 Å². The number of nitrogen functional groups attached to an aromatic ring is 1. The minimum atomic E-state index is -3.82. The minimum absolute atomic E-state index is 0.0273. The van der Waals surface area contributed by atoms with Crippen LogP contribution in [0.5, 0.6) is 5.88 Å². The number of anilines is 1. The number of nitrogens with one attached hydrogen (secondary N) is 1. The van der Waals surface area contributed by atoms with Crippen LogP contribution in [-0.2, 0) is 9.84 Å². The molecular formula is C18H20N4O3S. The van der Waals surface area contributed by atoms with Gasteiger partial charge in [0.2, 0.25) is 15.7 Å². The Morgan fingerprint density at radius 3 is 2.54 bits per heavy atom. The van der Waals surface area contributed by atoms with Crippen LogP contribution >= 0.6 is 0 Å². The zero-order chi connectivity index (χ0) is 18.3. The van der Waals surface area contributed by atoms with Gasteiger partial charge in [-0.2, -0.15) is 4.98 Å². The van der Waals surface area contributed by atoms with Gasteiger partial charge in [-0.25, -0.2) is 13.4 Å². The highest BCUT2D eigenvalue weighted by Gasteiger charge is 2.29. The van der Waals surface area contributed by atoms with Crippen molar-refractivity contribution in [1.82, 2.24) is 15.0 Å². The molecule has 0 amide bonds. The third kappa shape index (κ3) is 2.80. The summed E-state index contributed by atoms with van der Waals surface area (Å²) in [5.41, 5.74) is 6.74. The van der Waals surface area contributed by atoms with Gasteiger partial charge in [0.1, 0.15) is 33.7 Å². The number of H-pyrrole nitrogens is 1. The summed E-state index contributed by atoms with van der Waals surface area (Å²) >= 11 is 0. The molecule has 4 rings (SSSR count). The summed E-state index contributed by atoms with van der Waals surface area (Å²) in [6, 6.07) is 8.19. The lowest BCUT2D eigenvalue weighted by molar-refractivity contribution is 0.203. The Morgan fingerprint density at radius 2 is 1.85 bits per heavy atom. The van der Waals surface area contributed by atoms with E-state index >= 15 is 0 Å². The second-order valence-corrected chi connectivity index (χ2v) is 8.39. The molecule has 0 atom stereocenters. The maximum Gasteiger partial charge on any atom is 0.242 e. The number of fused-ring (bicyclic) bond motifs is 1. The molecule has 8 heteroatoms. The smallest absolute Gasteiger partial charge is 0.242 e. The van der Waals surface area contributed by atoms with E-state index in [1.54, 1.807) is 25.1 Å². The third-order valence-electron chi connectivity index (χ3n) is 4.61. The Kier molecular flexibility index (Phi) is 4.07. The molecule has 0 radical (unpaired) electrons. The lowest BCUT2D eigenvalue weighted by atomic mass is 10.3. The Hall–Kier alpha value is -2.61. The van der Waals surface area contributed by atoms with Gasteiger partial charge in [0.15, 0.2) is 0 Å². The molecule has 136 valence electrons. The molecule has 1 aliphatic carbocycles. The summed E-state index contributed by atoms with van der Waals surface area (Å²) < 4.78 is 32.2. The van der Waals surface area contributed by atoms with Crippen molar-refractivity contribution < 1.29 is 13.2 Å². The molecule has 1 aromatic carbocycles. The van der Waals surface area contributed by atoms with Gasteiger partial charge in [0, 0.05) is 0 Å². The number of nitrogens with zero attached hydrogens (tertiary/aromatic N) is 2. The fourth-order valence-electron chi connectivity index (χ4n) is 3.38. The van der Waals surface area contributed by atoms with E-state index < -0.39 is 9.84 Å². The number of aromatic amines is 1. The number of benzene rings is 1. The van der Waals surface area contributed by atoms with Gasteiger partial charge in [-0.1, -0.05) is 18.2 Å². The monoisotopic (exact) mass is 372 g/mol. The summed E-state index contributed by atoms with van der Waals surface area (Å²) in [5.74, 6) is 0.842. The molecule has 26 heavy (non-hydrogen) atoms. The molecule has 0 spiro atoms. The Balaban J connectivity index is 1.89. The average molecular weight is 372 g/mol. The van der Waals surface area contributed by atoms with Crippen molar-refractivity contribution in [3.05, 3.63) is 36.2 Å². The molecular weight excluding hydrogens is 352 g/mol. The van der Waals surface area contributed by atoms with Crippen LogP contribution in [0.4, 0.5) is 5.82 Å². The van der Waals surface area contributed by atoms with Crippen molar-refractivity contribution >= 4 is 26.7 Å². The first-order valence-corrected chi connectivity index (χ1v) is 10.1. The predicted octanol–water partition coefficient (Wildman–Crippen LogP) is 3.00. The summed E-state index contributed by atoms with van der Waals surface area (Å²) in [4.78, 5) is 11.8. The molecule has 2 heterocycles. The molecule has 0 saturated heterocycles. The van der Waals surface area contributed by atoms with Crippen LogP contribution in [0.1, 0.15) is 31.5 Å². The standard InChI is InChI=1S/C18H20N4O3S/c1-11-20-14-15(18(21-11)25-12-7-5-6-8-12)22-17(19)16(14)26(23,24)13-9-3-2-4-10-13/h2-4,9-10,12,22H,5-8,19H2,1H3. The zero-order valence-electron chi connectivity index (χ0n) is 14.4. The second kappa shape index (κ2) is 6.28. The molecule has 1 saturated carbocycles. The van der Waals surface area contributed by atoms with Gasteiger partial charge in [0.25, 0.3) is 0 Å². The first-order chi connectivity index (χ1) is 12.5. The lowest BCUT2D eigenvalue weighted by Crippen LogP contribution is -2.13.